The Hall–Kier alpha value is -1.49. The van der Waals surface area contributed by atoms with E-state index in [0.717, 1.165) is 5.69 Å². The quantitative estimate of drug-likeness (QED) is 0.737. The molecule has 0 aliphatic carbocycles. The van der Waals surface area contributed by atoms with Crippen molar-refractivity contribution in [1.29, 1.82) is 5.26 Å². The van der Waals surface area contributed by atoms with Crippen molar-refractivity contribution in [3.63, 3.8) is 0 Å². The van der Waals surface area contributed by atoms with Gasteiger partial charge in [-0.05, 0) is 39.3 Å². The molecule has 0 saturated heterocycles. The van der Waals surface area contributed by atoms with Gasteiger partial charge in [-0.3, -0.25) is 0 Å². The molecule has 0 fully saturated rings. The van der Waals surface area contributed by atoms with E-state index in [0.29, 0.717) is 0 Å². The molecule has 1 aromatic rings. The van der Waals surface area contributed by atoms with Gasteiger partial charge in [0.2, 0.25) is 0 Å². The van der Waals surface area contributed by atoms with Gasteiger partial charge in [0.05, 0.1) is 6.07 Å². The number of aryl methyl sites for hydroxylation is 2. The number of hydrogen-bond donors (Lipinski definition) is 0. The second kappa shape index (κ2) is 3.94. The Bertz CT molecular complexity index is 399. The highest BCUT2D eigenvalue weighted by Gasteiger charge is 2.23. The number of hydrogen-bond acceptors (Lipinski definition) is 2. The van der Waals surface area contributed by atoms with Crippen LogP contribution in [0.25, 0.3) is 0 Å². The van der Waals surface area contributed by atoms with Gasteiger partial charge in [0.1, 0.15) is 5.54 Å². The molecule has 0 spiro atoms. The van der Waals surface area contributed by atoms with Crippen molar-refractivity contribution >= 4 is 5.69 Å². The summed E-state index contributed by atoms with van der Waals surface area (Å²) in [5.41, 5.74) is 3.10. The lowest BCUT2D eigenvalue weighted by atomic mass is 10.0. The molecule has 0 amide bonds. The minimum atomic E-state index is -0.472. The Kier molecular flexibility index (Phi) is 3.04. The van der Waals surface area contributed by atoms with E-state index in [1.165, 1.54) is 11.1 Å². The largest absolute Gasteiger partial charge is 0.357 e. The number of benzene rings is 1. The molecule has 0 radical (unpaired) electrons. The van der Waals surface area contributed by atoms with Gasteiger partial charge in [0, 0.05) is 12.7 Å². The molecule has 0 atom stereocenters. The van der Waals surface area contributed by atoms with Crippen LogP contribution in [0, 0.1) is 25.2 Å². The first-order valence-corrected chi connectivity index (χ1v) is 5.11. The van der Waals surface area contributed by atoms with Crippen molar-refractivity contribution in [2.24, 2.45) is 0 Å². The smallest absolute Gasteiger partial charge is 0.121 e. The molecule has 2 nitrogen and oxygen atoms in total. The van der Waals surface area contributed by atoms with Gasteiger partial charge in [-0.1, -0.05) is 17.7 Å². The van der Waals surface area contributed by atoms with E-state index in [4.69, 9.17) is 5.26 Å². The fourth-order valence-corrected chi connectivity index (χ4v) is 1.56. The molecule has 0 unspecified atom stereocenters. The Morgan fingerprint density at radius 1 is 1.27 bits per heavy atom. The minimum absolute atomic E-state index is 0.472. The molecule has 0 N–H and O–H groups in total. The van der Waals surface area contributed by atoms with Crippen LogP contribution in [0.1, 0.15) is 25.0 Å². The van der Waals surface area contributed by atoms with Crippen LogP contribution < -0.4 is 4.90 Å². The Morgan fingerprint density at radius 3 is 2.33 bits per heavy atom. The van der Waals surface area contributed by atoms with Crippen molar-refractivity contribution in [2.75, 3.05) is 11.9 Å². The van der Waals surface area contributed by atoms with E-state index >= 15 is 0 Å². The van der Waals surface area contributed by atoms with E-state index in [2.05, 4.69) is 38.1 Å². The van der Waals surface area contributed by atoms with Crippen LogP contribution in [0.3, 0.4) is 0 Å². The second-order valence-corrected chi connectivity index (χ2v) is 4.52. The van der Waals surface area contributed by atoms with Gasteiger partial charge in [-0.15, -0.1) is 0 Å². The van der Waals surface area contributed by atoms with Crippen LogP contribution in [-0.2, 0) is 0 Å². The second-order valence-electron chi connectivity index (χ2n) is 4.52. The fraction of sp³-hybridized carbons (Fsp3) is 0.462. The Balaban J connectivity index is 3.13. The molecule has 80 valence electrons. The van der Waals surface area contributed by atoms with Crippen LogP contribution >= 0.6 is 0 Å². The van der Waals surface area contributed by atoms with Gasteiger partial charge in [-0.2, -0.15) is 5.26 Å². The molecule has 1 rings (SSSR count). The average Bonchev–Trinajstić information content (AvgIpc) is 2.17. The standard InChI is InChI=1S/C13H18N2/c1-10-6-7-12(11(2)8-10)15(5)13(3,4)9-14/h6-8H,1-5H3. The Labute approximate surface area is 92.1 Å². The summed E-state index contributed by atoms with van der Waals surface area (Å²) in [7, 11) is 1.96. The van der Waals surface area contributed by atoms with Crippen molar-refractivity contribution in [1.82, 2.24) is 0 Å². The zero-order chi connectivity index (χ0) is 11.6. The summed E-state index contributed by atoms with van der Waals surface area (Å²) in [6.45, 7) is 8.00. The van der Waals surface area contributed by atoms with Gasteiger partial charge in [-0.25, -0.2) is 0 Å². The monoisotopic (exact) mass is 202 g/mol. The minimum Gasteiger partial charge on any atom is -0.357 e. The highest BCUT2D eigenvalue weighted by atomic mass is 15.2. The summed E-state index contributed by atoms with van der Waals surface area (Å²) in [5.74, 6) is 0. The summed E-state index contributed by atoms with van der Waals surface area (Å²) in [4.78, 5) is 2.02. The number of rotatable bonds is 2. The maximum absolute atomic E-state index is 9.08. The zero-order valence-electron chi connectivity index (χ0n) is 10.1. The predicted molar refractivity (Wildman–Crippen MR) is 64.0 cm³/mol. The lowest BCUT2D eigenvalue weighted by molar-refractivity contribution is 0.616. The first kappa shape index (κ1) is 11.6. The third kappa shape index (κ3) is 2.30. The Morgan fingerprint density at radius 2 is 1.87 bits per heavy atom. The van der Waals surface area contributed by atoms with Crippen molar-refractivity contribution in [3.8, 4) is 6.07 Å². The SMILES string of the molecule is Cc1ccc(N(C)C(C)(C)C#N)c(C)c1. The lowest BCUT2D eigenvalue weighted by Crippen LogP contribution is -2.40. The highest BCUT2D eigenvalue weighted by molar-refractivity contribution is 5.56. The first-order valence-electron chi connectivity index (χ1n) is 5.11. The van der Waals surface area contributed by atoms with Gasteiger partial charge in [0.25, 0.3) is 0 Å². The summed E-state index contributed by atoms with van der Waals surface area (Å²) in [6.07, 6.45) is 0. The normalized spacial score (nSPS) is 10.9. The summed E-state index contributed by atoms with van der Waals surface area (Å²) in [5, 5.41) is 9.08. The summed E-state index contributed by atoms with van der Waals surface area (Å²) < 4.78 is 0. The third-order valence-corrected chi connectivity index (χ3v) is 2.83. The zero-order valence-corrected chi connectivity index (χ0v) is 10.1. The van der Waals surface area contributed by atoms with E-state index in [-0.39, 0.29) is 0 Å². The van der Waals surface area contributed by atoms with Gasteiger partial charge < -0.3 is 4.90 Å². The predicted octanol–water partition coefficient (Wildman–Crippen LogP) is 3.04. The van der Waals surface area contributed by atoms with Crippen LogP contribution in [0.2, 0.25) is 0 Å². The molecular weight excluding hydrogens is 184 g/mol. The summed E-state index contributed by atoms with van der Waals surface area (Å²) >= 11 is 0. The molecule has 0 bridgehead atoms. The number of nitriles is 1. The summed E-state index contributed by atoms with van der Waals surface area (Å²) in [6, 6.07) is 8.59. The molecule has 15 heavy (non-hydrogen) atoms. The number of anilines is 1. The fourth-order valence-electron chi connectivity index (χ4n) is 1.56. The molecule has 1 aromatic carbocycles. The molecule has 0 aromatic heterocycles. The van der Waals surface area contributed by atoms with Crippen molar-refractivity contribution in [2.45, 2.75) is 33.2 Å². The van der Waals surface area contributed by atoms with E-state index in [1.54, 1.807) is 0 Å². The average molecular weight is 202 g/mol. The molecule has 2 heteroatoms. The van der Waals surface area contributed by atoms with Gasteiger partial charge in [0.15, 0.2) is 0 Å². The highest BCUT2D eigenvalue weighted by Crippen LogP contribution is 2.25. The number of nitrogens with zero attached hydrogens (tertiary/aromatic N) is 2. The van der Waals surface area contributed by atoms with Crippen LogP contribution in [-0.4, -0.2) is 12.6 Å². The van der Waals surface area contributed by atoms with E-state index < -0.39 is 5.54 Å². The maximum Gasteiger partial charge on any atom is 0.121 e. The van der Waals surface area contributed by atoms with Crippen LogP contribution in [0.4, 0.5) is 5.69 Å². The molecule has 0 saturated carbocycles. The first-order chi connectivity index (χ1) is 6.88. The molecule has 0 heterocycles. The van der Waals surface area contributed by atoms with Crippen molar-refractivity contribution < 1.29 is 0 Å². The molecule has 0 aliphatic rings. The molecular formula is C13H18N2. The molecule has 0 aliphatic heterocycles. The lowest BCUT2D eigenvalue weighted by Gasteiger charge is -2.32. The van der Waals surface area contributed by atoms with E-state index in [1.807, 2.05) is 25.8 Å². The topological polar surface area (TPSA) is 27.0 Å². The van der Waals surface area contributed by atoms with Crippen LogP contribution in [0.15, 0.2) is 18.2 Å². The maximum atomic E-state index is 9.08. The van der Waals surface area contributed by atoms with E-state index in [9.17, 15) is 0 Å². The van der Waals surface area contributed by atoms with Gasteiger partial charge >= 0.3 is 0 Å². The third-order valence-electron chi connectivity index (χ3n) is 2.83. The van der Waals surface area contributed by atoms with Crippen molar-refractivity contribution in [3.05, 3.63) is 29.3 Å². The van der Waals surface area contributed by atoms with Crippen LogP contribution in [0.5, 0.6) is 0 Å².